The lowest BCUT2D eigenvalue weighted by Gasteiger charge is -2.20. The quantitative estimate of drug-likeness (QED) is 0.719. The number of amides is 1. The van der Waals surface area contributed by atoms with Gasteiger partial charge in [-0.2, -0.15) is 0 Å². The molecule has 23 heavy (non-hydrogen) atoms. The van der Waals surface area contributed by atoms with Gasteiger partial charge in [0.05, 0.1) is 5.69 Å². The summed E-state index contributed by atoms with van der Waals surface area (Å²) in [7, 11) is 0. The molecule has 1 aromatic carbocycles. The monoisotopic (exact) mass is 328 g/mol. The fourth-order valence-electron chi connectivity index (χ4n) is 2.40. The molecule has 1 aromatic heterocycles. The summed E-state index contributed by atoms with van der Waals surface area (Å²) in [6.07, 6.45) is 1.02. The zero-order valence-corrected chi connectivity index (χ0v) is 15.2. The number of hydrogen-bond donors (Lipinski definition) is 0. The number of aryl methyl sites for hydroxylation is 2. The molecule has 0 unspecified atom stereocenters. The predicted octanol–water partition coefficient (Wildman–Crippen LogP) is 4.72. The normalized spacial score (nSPS) is 10.6. The molecule has 0 spiro atoms. The van der Waals surface area contributed by atoms with Gasteiger partial charge < -0.3 is 4.90 Å². The Morgan fingerprint density at radius 2 is 1.91 bits per heavy atom. The Morgan fingerprint density at radius 1 is 1.26 bits per heavy atom. The van der Waals surface area contributed by atoms with Gasteiger partial charge in [-0.1, -0.05) is 43.3 Å². The maximum absolute atomic E-state index is 12.7. The predicted molar refractivity (Wildman–Crippen MR) is 98.1 cm³/mol. The number of carbonyl (C=O) groups is 1. The molecule has 0 aliphatic rings. The van der Waals surface area contributed by atoms with Crippen LogP contribution in [0.3, 0.4) is 0 Å². The van der Waals surface area contributed by atoms with Crippen LogP contribution in [0.4, 0.5) is 0 Å². The van der Waals surface area contributed by atoms with E-state index in [0.717, 1.165) is 33.1 Å². The van der Waals surface area contributed by atoms with Crippen molar-refractivity contribution in [2.75, 3.05) is 13.1 Å². The van der Waals surface area contributed by atoms with Crippen molar-refractivity contribution < 1.29 is 4.79 Å². The molecule has 0 aliphatic heterocycles. The van der Waals surface area contributed by atoms with Crippen molar-refractivity contribution in [3.05, 3.63) is 52.6 Å². The van der Waals surface area contributed by atoms with Crippen LogP contribution in [0.15, 0.2) is 36.4 Å². The van der Waals surface area contributed by atoms with Crippen molar-refractivity contribution in [2.24, 2.45) is 0 Å². The van der Waals surface area contributed by atoms with Gasteiger partial charge in [0, 0.05) is 18.7 Å². The number of benzene rings is 1. The largest absolute Gasteiger partial charge is 0.334 e. The number of hydrogen-bond acceptors (Lipinski definition) is 3. The molecule has 0 aliphatic carbocycles. The standard InChI is InChI=1S/C19H24N2OS/c1-6-15-8-10-16(11-9-15)18-20-14(5)17(23-18)19(22)21(7-2)12-13(3)4/h8-11H,3,6-7,12H2,1-2,4-5H3. The van der Waals surface area contributed by atoms with Crippen molar-refractivity contribution in [1.82, 2.24) is 9.88 Å². The highest BCUT2D eigenvalue weighted by Gasteiger charge is 2.21. The molecular weight excluding hydrogens is 304 g/mol. The Morgan fingerprint density at radius 3 is 2.43 bits per heavy atom. The van der Waals surface area contributed by atoms with Gasteiger partial charge in [0.2, 0.25) is 0 Å². The second-order valence-corrected chi connectivity index (χ2v) is 6.76. The number of rotatable bonds is 6. The fraction of sp³-hybridized carbons (Fsp3) is 0.368. The van der Waals surface area contributed by atoms with Crippen LogP contribution in [0.2, 0.25) is 0 Å². The van der Waals surface area contributed by atoms with Crippen LogP contribution in [0.1, 0.15) is 41.7 Å². The van der Waals surface area contributed by atoms with E-state index in [4.69, 9.17) is 0 Å². The SMILES string of the molecule is C=C(C)CN(CC)C(=O)c1sc(-c2ccc(CC)cc2)nc1C. The third-order valence-electron chi connectivity index (χ3n) is 3.73. The van der Waals surface area contributed by atoms with Gasteiger partial charge in [-0.05, 0) is 32.8 Å². The van der Waals surface area contributed by atoms with Crippen LogP contribution >= 0.6 is 11.3 Å². The Balaban J connectivity index is 2.29. The lowest BCUT2D eigenvalue weighted by molar-refractivity contribution is 0.0782. The summed E-state index contributed by atoms with van der Waals surface area (Å²) in [6, 6.07) is 8.40. The van der Waals surface area contributed by atoms with E-state index in [1.165, 1.54) is 16.9 Å². The molecular formula is C19H24N2OS. The molecule has 0 N–H and O–H groups in total. The van der Waals surface area contributed by atoms with Crippen LogP contribution in [0.25, 0.3) is 10.6 Å². The van der Waals surface area contributed by atoms with Gasteiger partial charge in [0.25, 0.3) is 5.91 Å². The molecule has 0 saturated heterocycles. The van der Waals surface area contributed by atoms with Crippen molar-refractivity contribution in [1.29, 1.82) is 0 Å². The molecule has 0 fully saturated rings. The van der Waals surface area contributed by atoms with Gasteiger partial charge >= 0.3 is 0 Å². The molecule has 2 aromatic rings. The van der Waals surface area contributed by atoms with E-state index < -0.39 is 0 Å². The molecule has 3 nitrogen and oxygen atoms in total. The number of aromatic nitrogens is 1. The van der Waals surface area contributed by atoms with Crippen LogP contribution in [0.5, 0.6) is 0 Å². The average molecular weight is 328 g/mol. The first-order valence-electron chi connectivity index (χ1n) is 7.96. The molecule has 0 bridgehead atoms. The number of carbonyl (C=O) groups excluding carboxylic acids is 1. The van der Waals surface area contributed by atoms with Crippen LogP contribution < -0.4 is 0 Å². The Labute approximate surface area is 142 Å². The summed E-state index contributed by atoms with van der Waals surface area (Å²) in [5.74, 6) is 0.0435. The Kier molecular flexibility index (Phi) is 5.72. The van der Waals surface area contributed by atoms with E-state index in [1.54, 1.807) is 0 Å². The van der Waals surface area contributed by atoms with E-state index in [1.807, 2.05) is 25.7 Å². The van der Waals surface area contributed by atoms with Crippen molar-refractivity contribution in [2.45, 2.75) is 34.1 Å². The number of likely N-dealkylation sites (N-methyl/N-ethyl adjacent to an activating group) is 1. The van der Waals surface area contributed by atoms with Gasteiger partial charge in [-0.15, -0.1) is 11.3 Å². The van der Waals surface area contributed by atoms with E-state index in [2.05, 4.69) is 42.8 Å². The summed E-state index contributed by atoms with van der Waals surface area (Å²) >= 11 is 1.47. The smallest absolute Gasteiger partial charge is 0.266 e. The minimum atomic E-state index is 0.0435. The number of thiazole rings is 1. The summed E-state index contributed by atoms with van der Waals surface area (Å²) in [5, 5.41) is 0.903. The van der Waals surface area contributed by atoms with Gasteiger partial charge in [0.1, 0.15) is 9.88 Å². The fourth-order valence-corrected chi connectivity index (χ4v) is 3.44. The highest BCUT2D eigenvalue weighted by atomic mass is 32.1. The molecule has 1 heterocycles. The minimum Gasteiger partial charge on any atom is -0.334 e. The van der Waals surface area contributed by atoms with Gasteiger partial charge in [0.15, 0.2) is 0 Å². The van der Waals surface area contributed by atoms with E-state index in [0.29, 0.717) is 13.1 Å². The second kappa shape index (κ2) is 7.55. The van der Waals surface area contributed by atoms with Crippen molar-refractivity contribution in [3.63, 3.8) is 0 Å². The molecule has 0 saturated carbocycles. The first-order valence-corrected chi connectivity index (χ1v) is 8.78. The zero-order valence-electron chi connectivity index (χ0n) is 14.3. The summed E-state index contributed by atoms with van der Waals surface area (Å²) in [6.45, 7) is 13.1. The average Bonchev–Trinajstić information content (AvgIpc) is 2.93. The molecule has 0 atom stereocenters. The first-order chi connectivity index (χ1) is 11.0. The van der Waals surface area contributed by atoms with Crippen LogP contribution in [0, 0.1) is 6.92 Å². The van der Waals surface area contributed by atoms with Gasteiger partial charge in [-0.3, -0.25) is 4.79 Å². The topological polar surface area (TPSA) is 33.2 Å². The van der Waals surface area contributed by atoms with E-state index in [9.17, 15) is 4.79 Å². The molecule has 2 rings (SSSR count). The maximum Gasteiger partial charge on any atom is 0.266 e. The van der Waals surface area contributed by atoms with Crippen LogP contribution in [-0.4, -0.2) is 28.9 Å². The maximum atomic E-state index is 12.7. The van der Waals surface area contributed by atoms with Crippen LogP contribution in [-0.2, 0) is 6.42 Å². The zero-order chi connectivity index (χ0) is 17.0. The summed E-state index contributed by atoms with van der Waals surface area (Å²) in [4.78, 5) is 19.9. The Bertz CT molecular complexity index is 701. The minimum absolute atomic E-state index is 0.0435. The summed E-state index contributed by atoms with van der Waals surface area (Å²) in [5.41, 5.74) is 4.15. The Hall–Kier alpha value is -1.94. The highest BCUT2D eigenvalue weighted by molar-refractivity contribution is 7.17. The van der Waals surface area contributed by atoms with Gasteiger partial charge in [-0.25, -0.2) is 4.98 Å². The number of nitrogens with zero attached hydrogens (tertiary/aromatic N) is 2. The second-order valence-electron chi connectivity index (χ2n) is 5.76. The molecule has 1 amide bonds. The lowest BCUT2D eigenvalue weighted by atomic mass is 10.1. The van der Waals surface area contributed by atoms with Crippen molar-refractivity contribution in [3.8, 4) is 10.6 Å². The lowest BCUT2D eigenvalue weighted by Crippen LogP contribution is -2.32. The first kappa shape index (κ1) is 17.4. The van der Waals surface area contributed by atoms with E-state index in [-0.39, 0.29) is 5.91 Å². The van der Waals surface area contributed by atoms with E-state index >= 15 is 0 Å². The highest BCUT2D eigenvalue weighted by Crippen LogP contribution is 2.29. The van der Waals surface area contributed by atoms with Crippen molar-refractivity contribution >= 4 is 17.2 Å². The summed E-state index contributed by atoms with van der Waals surface area (Å²) < 4.78 is 0. The molecule has 0 radical (unpaired) electrons. The third kappa shape index (κ3) is 4.08. The third-order valence-corrected chi connectivity index (χ3v) is 4.92. The molecule has 4 heteroatoms. The molecule has 122 valence electrons.